The standard InChI is InChI=1S/C17H17NO4/c1-22-14-9-5-6-12(10-14)11-15(17(20)21)18-16(19)13-7-3-2-4-8-13/h2-10,15H,11H2,1H3,(H,18,19)(H,20,21)/t15-/m1/s1. The number of nitrogens with one attached hydrogen (secondary N) is 1. The van der Waals surface area contributed by atoms with Gasteiger partial charge in [0.05, 0.1) is 7.11 Å². The quantitative estimate of drug-likeness (QED) is 0.856. The molecule has 2 rings (SSSR count). The van der Waals surface area contributed by atoms with E-state index in [1.54, 1.807) is 61.7 Å². The molecule has 2 aromatic rings. The molecule has 0 saturated heterocycles. The first-order valence-electron chi connectivity index (χ1n) is 6.82. The Kier molecular flexibility index (Phi) is 5.14. The second kappa shape index (κ2) is 7.26. The maximum Gasteiger partial charge on any atom is 0.326 e. The zero-order chi connectivity index (χ0) is 15.9. The van der Waals surface area contributed by atoms with Crippen LogP contribution in [0.15, 0.2) is 54.6 Å². The summed E-state index contributed by atoms with van der Waals surface area (Å²) in [6, 6.07) is 14.6. The molecule has 0 spiro atoms. The molecule has 0 bridgehead atoms. The first kappa shape index (κ1) is 15.6. The summed E-state index contributed by atoms with van der Waals surface area (Å²) in [5.41, 5.74) is 1.21. The Labute approximate surface area is 128 Å². The molecule has 0 saturated carbocycles. The van der Waals surface area contributed by atoms with Crippen LogP contribution in [-0.4, -0.2) is 30.1 Å². The van der Waals surface area contributed by atoms with Crippen LogP contribution >= 0.6 is 0 Å². The summed E-state index contributed by atoms with van der Waals surface area (Å²) < 4.78 is 5.11. The van der Waals surface area contributed by atoms with Gasteiger partial charge in [0.15, 0.2) is 0 Å². The molecule has 22 heavy (non-hydrogen) atoms. The Balaban J connectivity index is 2.10. The van der Waals surface area contributed by atoms with Gasteiger partial charge >= 0.3 is 5.97 Å². The first-order chi connectivity index (χ1) is 10.6. The number of hydrogen-bond donors (Lipinski definition) is 2. The van der Waals surface area contributed by atoms with E-state index in [0.29, 0.717) is 11.3 Å². The number of hydrogen-bond acceptors (Lipinski definition) is 3. The molecule has 0 aromatic heterocycles. The fourth-order valence-corrected chi connectivity index (χ4v) is 2.07. The molecule has 1 atom stereocenters. The molecule has 2 aromatic carbocycles. The maximum absolute atomic E-state index is 12.1. The Morgan fingerprint density at radius 2 is 1.86 bits per heavy atom. The predicted octanol–water partition coefficient (Wildman–Crippen LogP) is 2.12. The van der Waals surface area contributed by atoms with Gasteiger partial charge in [-0.25, -0.2) is 4.79 Å². The third-order valence-corrected chi connectivity index (χ3v) is 3.21. The highest BCUT2D eigenvalue weighted by molar-refractivity contribution is 5.96. The van der Waals surface area contributed by atoms with Crippen molar-refractivity contribution < 1.29 is 19.4 Å². The molecule has 0 aliphatic carbocycles. The van der Waals surface area contributed by atoms with Crippen LogP contribution in [0.1, 0.15) is 15.9 Å². The second-order valence-corrected chi connectivity index (χ2v) is 4.79. The molecular weight excluding hydrogens is 282 g/mol. The second-order valence-electron chi connectivity index (χ2n) is 4.79. The fraction of sp³-hybridized carbons (Fsp3) is 0.176. The van der Waals surface area contributed by atoms with Crippen molar-refractivity contribution in [3.63, 3.8) is 0 Å². The number of carboxylic acid groups (broad SMARTS) is 1. The largest absolute Gasteiger partial charge is 0.497 e. The minimum absolute atomic E-state index is 0.186. The van der Waals surface area contributed by atoms with E-state index in [-0.39, 0.29) is 6.42 Å². The molecule has 0 aliphatic heterocycles. The number of carboxylic acids is 1. The van der Waals surface area contributed by atoms with E-state index in [1.165, 1.54) is 0 Å². The molecule has 5 heteroatoms. The van der Waals surface area contributed by atoms with Crippen LogP contribution in [0.3, 0.4) is 0 Å². The molecule has 0 fully saturated rings. The van der Waals surface area contributed by atoms with E-state index in [4.69, 9.17) is 4.74 Å². The van der Waals surface area contributed by atoms with Crippen molar-refractivity contribution in [2.75, 3.05) is 7.11 Å². The number of amides is 1. The molecule has 114 valence electrons. The first-order valence-corrected chi connectivity index (χ1v) is 6.82. The highest BCUT2D eigenvalue weighted by atomic mass is 16.5. The molecule has 5 nitrogen and oxygen atoms in total. The molecule has 0 aliphatic rings. The van der Waals surface area contributed by atoms with Crippen molar-refractivity contribution in [2.24, 2.45) is 0 Å². The fourth-order valence-electron chi connectivity index (χ4n) is 2.07. The summed E-state index contributed by atoms with van der Waals surface area (Å²) in [5, 5.41) is 11.9. The third kappa shape index (κ3) is 4.09. The molecule has 1 amide bonds. The molecule has 0 unspecified atom stereocenters. The van der Waals surface area contributed by atoms with Gasteiger partial charge < -0.3 is 15.2 Å². The Bertz CT molecular complexity index is 655. The zero-order valence-electron chi connectivity index (χ0n) is 12.2. The Morgan fingerprint density at radius 3 is 2.50 bits per heavy atom. The van der Waals surface area contributed by atoms with Crippen LogP contribution in [-0.2, 0) is 11.2 Å². The number of benzene rings is 2. The van der Waals surface area contributed by atoms with Crippen molar-refractivity contribution in [1.82, 2.24) is 5.32 Å². The average molecular weight is 299 g/mol. The Morgan fingerprint density at radius 1 is 1.14 bits per heavy atom. The van der Waals surface area contributed by atoms with E-state index in [2.05, 4.69) is 5.32 Å². The maximum atomic E-state index is 12.1. The summed E-state index contributed by atoms with van der Waals surface area (Å²) in [6.45, 7) is 0. The summed E-state index contributed by atoms with van der Waals surface area (Å²) in [6.07, 6.45) is 0.186. The van der Waals surface area contributed by atoms with Gasteiger partial charge in [-0.3, -0.25) is 4.79 Å². The minimum atomic E-state index is -1.08. The number of ether oxygens (including phenoxy) is 1. The van der Waals surface area contributed by atoms with Gasteiger partial charge in [0.25, 0.3) is 5.91 Å². The third-order valence-electron chi connectivity index (χ3n) is 3.21. The topological polar surface area (TPSA) is 75.6 Å². The lowest BCUT2D eigenvalue weighted by atomic mass is 10.0. The smallest absolute Gasteiger partial charge is 0.326 e. The number of methoxy groups -OCH3 is 1. The van der Waals surface area contributed by atoms with Gasteiger partial charge in [-0.05, 0) is 29.8 Å². The number of carbonyl (C=O) groups is 2. The molecule has 2 N–H and O–H groups in total. The summed E-state index contributed by atoms with van der Waals surface area (Å²) >= 11 is 0. The van der Waals surface area contributed by atoms with Crippen LogP contribution in [0.25, 0.3) is 0 Å². The average Bonchev–Trinajstić information content (AvgIpc) is 2.55. The molecular formula is C17H17NO4. The number of carbonyl (C=O) groups excluding carboxylic acids is 1. The van der Waals surface area contributed by atoms with Gasteiger partial charge in [-0.2, -0.15) is 0 Å². The van der Waals surface area contributed by atoms with Gasteiger partial charge in [-0.1, -0.05) is 30.3 Å². The SMILES string of the molecule is COc1cccc(C[C@@H](NC(=O)c2ccccc2)C(=O)O)c1. The van der Waals surface area contributed by atoms with Gasteiger partial charge in [-0.15, -0.1) is 0 Å². The monoisotopic (exact) mass is 299 g/mol. The van der Waals surface area contributed by atoms with Crippen LogP contribution in [0.4, 0.5) is 0 Å². The van der Waals surface area contributed by atoms with Crippen molar-refractivity contribution in [2.45, 2.75) is 12.5 Å². The molecule has 0 radical (unpaired) electrons. The van der Waals surface area contributed by atoms with Crippen LogP contribution in [0.5, 0.6) is 5.75 Å². The van der Waals surface area contributed by atoms with E-state index in [0.717, 1.165) is 5.56 Å². The van der Waals surface area contributed by atoms with Crippen LogP contribution in [0, 0.1) is 0 Å². The lowest BCUT2D eigenvalue weighted by Crippen LogP contribution is -2.42. The predicted molar refractivity (Wildman–Crippen MR) is 82.0 cm³/mol. The van der Waals surface area contributed by atoms with Crippen LogP contribution in [0.2, 0.25) is 0 Å². The number of aliphatic carboxylic acids is 1. The summed E-state index contributed by atoms with van der Waals surface area (Å²) in [4.78, 5) is 23.5. The normalized spacial score (nSPS) is 11.5. The lowest BCUT2D eigenvalue weighted by molar-refractivity contribution is -0.139. The summed E-state index contributed by atoms with van der Waals surface area (Å²) in [7, 11) is 1.55. The highest BCUT2D eigenvalue weighted by Crippen LogP contribution is 2.14. The van der Waals surface area contributed by atoms with Crippen molar-refractivity contribution in [1.29, 1.82) is 0 Å². The van der Waals surface area contributed by atoms with E-state index in [9.17, 15) is 14.7 Å². The lowest BCUT2D eigenvalue weighted by Gasteiger charge is -2.15. The van der Waals surface area contributed by atoms with Gasteiger partial charge in [0.1, 0.15) is 11.8 Å². The number of rotatable bonds is 6. The molecule has 0 heterocycles. The van der Waals surface area contributed by atoms with E-state index >= 15 is 0 Å². The Hall–Kier alpha value is -2.82. The van der Waals surface area contributed by atoms with Gasteiger partial charge in [0.2, 0.25) is 0 Å². The van der Waals surface area contributed by atoms with E-state index < -0.39 is 17.9 Å². The zero-order valence-corrected chi connectivity index (χ0v) is 12.2. The van der Waals surface area contributed by atoms with E-state index in [1.807, 2.05) is 0 Å². The minimum Gasteiger partial charge on any atom is -0.497 e. The van der Waals surface area contributed by atoms with Crippen molar-refractivity contribution in [3.05, 3.63) is 65.7 Å². The highest BCUT2D eigenvalue weighted by Gasteiger charge is 2.21. The van der Waals surface area contributed by atoms with Crippen molar-refractivity contribution in [3.8, 4) is 5.75 Å². The van der Waals surface area contributed by atoms with Crippen LogP contribution < -0.4 is 10.1 Å². The van der Waals surface area contributed by atoms with Gasteiger partial charge in [0, 0.05) is 12.0 Å². The van der Waals surface area contributed by atoms with Crippen molar-refractivity contribution >= 4 is 11.9 Å². The summed E-state index contributed by atoms with van der Waals surface area (Å²) in [5.74, 6) is -0.834.